The molecule has 1 aliphatic rings. The first-order valence-corrected chi connectivity index (χ1v) is 7.59. The molecule has 1 fully saturated rings. The van der Waals surface area contributed by atoms with E-state index in [-0.39, 0.29) is 17.2 Å². The Hall–Kier alpha value is -1.16. The molecule has 1 aromatic carbocycles. The van der Waals surface area contributed by atoms with Gasteiger partial charge in [-0.05, 0) is 32.9 Å². The van der Waals surface area contributed by atoms with Gasteiger partial charge in [0.2, 0.25) is 0 Å². The second kappa shape index (κ2) is 5.22. The average Bonchev–Trinajstić information content (AvgIpc) is 2.76. The van der Waals surface area contributed by atoms with Crippen LogP contribution in [0.4, 0.5) is 4.79 Å². The summed E-state index contributed by atoms with van der Waals surface area (Å²) in [6, 6.07) is 10.2. The SMILES string of the molecule is CC(C)(C)OC(=O)N1CCC[S+]1c1ccccc1. The second-order valence-electron chi connectivity index (χ2n) is 5.32. The van der Waals surface area contributed by atoms with Crippen LogP contribution in [0.1, 0.15) is 27.2 Å². The molecule has 0 N–H and O–H groups in total. The lowest BCUT2D eigenvalue weighted by molar-refractivity contribution is 0.0409. The van der Waals surface area contributed by atoms with Crippen LogP contribution in [-0.4, -0.2) is 28.3 Å². The molecule has 0 aromatic heterocycles. The molecule has 1 amide bonds. The zero-order chi connectivity index (χ0) is 13.2. The summed E-state index contributed by atoms with van der Waals surface area (Å²) >= 11 is -0.134. The minimum Gasteiger partial charge on any atom is -0.441 e. The molecule has 98 valence electrons. The number of benzene rings is 1. The second-order valence-corrected chi connectivity index (χ2v) is 7.37. The van der Waals surface area contributed by atoms with Crippen molar-refractivity contribution in [3.8, 4) is 0 Å². The van der Waals surface area contributed by atoms with Gasteiger partial charge in [0.1, 0.15) is 22.4 Å². The maximum Gasteiger partial charge on any atom is 0.452 e. The quantitative estimate of drug-likeness (QED) is 0.730. The van der Waals surface area contributed by atoms with E-state index in [0.717, 1.165) is 18.7 Å². The highest BCUT2D eigenvalue weighted by atomic mass is 32.2. The zero-order valence-corrected chi connectivity index (χ0v) is 12.0. The third-order valence-corrected chi connectivity index (χ3v) is 4.93. The lowest BCUT2D eigenvalue weighted by atomic mass is 10.2. The Labute approximate surface area is 112 Å². The van der Waals surface area contributed by atoms with E-state index in [2.05, 4.69) is 12.1 Å². The molecule has 1 saturated heterocycles. The molecule has 18 heavy (non-hydrogen) atoms. The summed E-state index contributed by atoms with van der Waals surface area (Å²) in [6.07, 6.45) is 0.865. The first-order valence-electron chi connectivity index (χ1n) is 6.24. The van der Waals surface area contributed by atoms with Crippen molar-refractivity contribution < 1.29 is 9.53 Å². The molecule has 4 heteroatoms. The van der Waals surface area contributed by atoms with Crippen molar-refractivity contribution in [3.05, 3.63) is 30.3 Å². The van der Waals surface area contributed by atoms with Gasteiger partial charge in [0.05, 0.1) is 6.54 Å². The van der Waals surface area contributed by atoms with Crippen LogP contribution in [0.3, 0.4) is 0 Å². The fourth-order valence-electron chi connectivity index (χ4n) is 1.88. The molecule has 0 saturated carbocycles. The summed E-state index contributed by atoms with van der Waals surface area (Å²) in [7, 11) is 0. The number of carbonyl (C=O) groups excluding carboxylic acids is 1. The van der Waals surface area contributed by atoms with Crippen LogP contribution in [0.25, 0.3) is 0 Å². The number of hydrogen-bond donors (Lipinski definition) is 0. The first-order chi connectivity index (χ1) is 8.47. The molecule has 2 rings (SSSR count). The van der Waals surface area contributed by atoms with Gasteiger partial charge in [-0.2, -0.15) is 0 Å². The summed E-state index contributed by atoms with van der Waals surface area (Å²) in [4.78, 5) is 13.4. The van der Waals surface area contributed by atoms with Crippen molar-refractivity contribution in [2.75, 3.05) is 12.3 Å². The Morgan fingerprint density at radius 1 is 1.28 bits per heavy atom. The van der Waals surface area contributed by atoms with Crippen LogP contribution in [0, 0.1) is 0 Å². The molecule has 1 atom stereocenters. The van der Waals surface area contributed by atoms with Gasteiger partial charge in [0.15, 0.2) is 4.90 Å². The highest BCUT2D eigenvalue weighted by molar-refractivity contribution is 7.95. The smallest absolute Gasteiger partial charge is 0.441 e. The van der Waals surface area contributed by atoms with E-state index in [1.165, 1.54) is 4.90 Å². The summed E-state index contributed by atoms with van der Waals surface area (Å²) in [6.45, 7) is 6.51. The fourth-order valence-corrected chi connectivity index (χ4v) is 4.03. The van der Waals surface area contributed by atoms with Crippen molar-refractivity contribution in [1.29, 1.82) is 0 Å². The molecule has 1 unspecified atom stereocenters. The number of amides is 1. The minimum atomic E-state index is -0.425. The third-order valence-electron chi connectivity index (χ3n) is 2.58. The van der Waals surface area contributed by atoms with E-state index >= 15 is 0 Å². The predicted molar refractivity (Wildman–Crippen MR) is 74.5 cm³/mol. The number of ether oxygens (including phenoxy) is 1. The first kappa shape index (κ1) is 13.3. The Morgan fingerprint density at radius 3 is 2.56 bits per heavy atom. The summed E-state index contributed by atoms with van der Waals surface area (Å²) in [5.74, 6) is 1.04. The fraction of sp³-hybridized carbons (Fsp3) is 0.500. The number of rotatable bonds is 1. The topological polar surface area (TPSA) is 29.5 Å². The molecule has 1 aromatic rings. The molecule has 3 nitrogen and oxygen atoms in total. The Balaban J connectivity index is 2.11. The van der Waals surface area contributed by atoms with Crippen LogP contribution in [-0.2, 0) is 15.8 Å². The molecule has 1 heterocycles. The van der Waals surface area contributed by atoms with Crippen molar-refractivity contribution in [2.24, 2.45) is 0 Å². The highest BCUT2D eigenvalue weighted by Gasteiger charge is 2.42. The molecule has 0 spiro atoms. The Kier molecular flexibility index (Phi) is 3.85. The van der Waals surface area contributed by atoms with Crippen molar-refractivity contribution in [2.45, 2.75) is 37.7 Å². The number of nitrogens with zero attached hydrogens (tertiary/aromatic N) is 1. The van der Waals surface area contributed by atoms with Gasteiger partial charge in [-0.25, -0.2) is 4.79 Å². The standard InChI is InChI=1S/C14H20NO2S/c1-14(2,3)17-13(16)15-10-7-11-18(15)12-8-5-4-6-9-12/h4-6,8-9H,7,10-11H2,1-3H3/q+1. The highest BCUT2D eigenvalue weighted by Crippen LogP contribution is 2.26. The zero-order valence-electron chi connectivity index (χ0n) is 11.2. The van der Waals surface area contributed by atoms with E-state index in [4.69, 9.17) is 4.74 Å². The lowest BCUT2D eigenvalue weighted by Crippen LogP contribution is -2.37. The molecule has 0 aliphatic carbocycles. The van der Waals surface area contributed by atoms with E-state index < -0.39 is 5.60 Å². The van der Waals surface area contributed by atoms with Gasteiger partial charge in [0, 0.05) is 6.42 Å². The molecular formula is C14H20NO2S+. The van der Waals surface area contributed by atoms with Crippen molar-refractivity contribution >= 4 is 17.2 Å². The predicted octanol–water partition coefficient (Wildman–Crippen LogP) is 3.22. The van der Waals surface area contributed by atoms with Gasteiger partial charge in [-0.15, -0.1) is 4.31 Å². The summed E-state index contributed by atoms with van der Waals surface area (Å²) in [5.41, 5.74) is -0.425. The van der Waals surface area contributed by atoms with Gasteiger partial charge in [-0.3, -0.25) is 0 Å². The molecular weight excluding hydrogens is 246 g/mol. The maximum atomic E-state index is 12.2. The van der Waals surface area contributed by atoms with Crippen molar-refractivity contribution in [3.63, 3.8) is 0 Å². The molecule has 1 aliphatic heterocycles. The normalized spacial score (nSPS) is 19.9. The van der Waals surface area contributed by atoms with E-state index in [1.54, 1.807) is 0 Å². The van der Waals surface area contributed by atoms with E-state index in [0.29, 0.717) is 0 Å². The van der Waals surface area contributed by atoms with Crippen LogP contribution in [0.5, 0.6) is 0 Å². The minimum absolute atomic E-state index is 0.134. The third kappa shape index (κ3) is 3.19. The molecule has 0 radical (unpaired) electrons. The Morgan fingerprint density at radius 2 is 1.94 bits per heavy atom. The van der Waals surface area contributed by atoms with Gasteiger partial charge < -0.3 is 4.74 Å². The maximum absolute atomic E-state index is 12.2. The lowest BCUT2D eigenvalue weighted by Gasteiger charge is -2.22. The van der Waals surface area contributed by atoms with Crippen molar-refractivity contribution in [1.82, 2.24) is 4.31 Å². The average molecular weight is 266 g/mol. The van der Waals surface area contributed by atoms with Gasteiger partial charge in [0.25, 0.3) is 0 Å². The Bertz CT molecular complexity index is 414. The number of carbonyl (C=O) groups is 1. The van der Waals surface area contributed by atoms with Gasteiger partial charge in [-0.1, -0.05) is 18.2 Å². The number of hydrogen-bond acceptors (Lipinski definition) is 2. The largest absolute Gasteiger partial charge is 0.452 e. The van der Waals surface area contributed by atoms with E-state index in [9.17, 15) is 4.79 Å². The van der Waals surface area contributed by atoms with Crippen LogP contribution in [0.2, 0.25) is 0 Å². The van der Waals surface area contributed by atoms with Crippen LogP contribution >= 0.6 is 0 Å². The van der Waals surface area contributed by atoms with Crippen LogP contribution < -0.4 is 0 Å². The molecule has 0 bridgehead atoms. The monoisotopic (exact) mass is 266 g/mol. The van der Waals surface area contributed by atoms with E-state index in [1.807, 2.05) is 43.3 Å². The van der Waals surface area contributed by atoms with Gasteiger partial charge >= 0.3 is 6.09 Å². The summed E-state index contributed by atoms with van der Waals surface area (Å²) in [5, 5.41) is 0. The van der Waals surface area contributed by atoms with Crippen LogP contribution in [0.15, 0.2) is 35.2 Å². The summed E-state index contributed by atoms with van der Waals surface area (Å²) < 4.78 is 7.34.